The van der Waals surface area contributed by atoms with E-state index in [9.17, 15) is 22.8 Å². The van der Waals surface area contributed by atoms with Crippen molar-refractivity contribution in [1.29, 1.82) is 0 Å². The van der Waals surface area contributed by atoms with E-state index in [0.29, 0.717) is 11.8 Å². The van der Waals surface area contributed by atoms with Crippen LogP contribution in [-0.2, 0) is 33.7 Å². The minimum atomic E-state index is -3.29. The highest BCUT2D eigenvalue weighted by Gasteiger charge is 2.63. The van der Waals surface area contributed by atoms with Gasteiger partial charge in [-0.1, -0.05) is 36.6 Å². The summed E-state index contributed by atoms with van der Waals surface area (Å²) < 4.78 is 35.7. The maximum atomic E-state index is 13.6. The van der Waals surface area contributed by atoms with Gasteiger partial charge in [0, 0.05) is 0 Å². The van der Waals surface area contributed by atoms with E-state index in [0.717, 1.165) is 37.5 Å². The predicted molar refractivity (Wildman–Crippen MR) is 142 cm³/mol. The average molecular weight is 531 g/mol. The van der Waals surface area contributed by atoms with Crippen LogP contribution >= 0.6 is 0 Å². The van der Waals surface area contributed by atoms with E-state index in [1.807, 2.05) is 0 Å². The number of esters is 3. The highest BCUT2D eigenvalue weighted by Crippen LogP contribution is 2.60. The quantitative estimate of drug-likeness (QED) is 0.358. The predicted octanol–water partition coefficient (Wildman–Crippen LogP) is 5.31. The molecule has 0 aromatic heterocycles. The Morgan fingerprint density at radius 3 is 1.86 bits per heavy atom. The van der Waals surface area contributed by atoms with Gasteiger partial charge in [-0.25, -0.2) is 8.42 Å². The number of hydrogen-bond acceptors (Lipinski definition) is 7. The molecule has 36 heavy (non-hydrogen) atoms. The van der Waals surface area contributed by atoms with Crippen LogP contribution in [0.3, 0.4) is 0 Å². The summed E-state index contributed by atoms with van der Waals surface area (Å²) >= 11 is 0. The normalized spacial score (nSPS) is 41.8. The van der Waals surface area contributed by atoms with Crippen LogP contribution in [-0.4, -0.2) is 43.4 Å². The lowest BCUT2D eigenvalue weighted by Crippen LogP contribution is -2.59. The number of cyclic esters (lactones) is 2. The fraction of sp³-hybridized carbons (Fsp3) is 0.893. The second-order valence-electron chi connectivity index (χ2n) is 12.1. The van der Waals surface area contributed by atoms with Crippen molar-refractivity contribution in [2.45, 2.75) is 95.1 Å². The molecule has 0 spiro atoms. The Morgan fingerprint density at radius 2 is 1.42 bits per heavy atom. The third-order valence-corrected chi connectivity index (χ3v) is 11.5. The molecule has 2 heterocycles. The summed E-state index contributed by atoms with van der Waals surface area (Å²) in [5.74, 6) is -2.76. The van der Waals surface area contributed by atoms with Gasteiger partial charge in [0.2, 0.25) is 0 Å². The third kappa shape index (κ3) is 4.88. The maximum absolute atomic E-state index is 13.6. The van der Waals surface area contributed by atoms with Crippen molar-refractivity contribution in [3.8, 4) is 0 Å². The number of carbonyl (C=O) groups is 3. The molecular formula is C28H50O7S. The molecule has 4 atom stereocenters. The van der Waals surface area contributed by atoms with Gasteiger partial charge in [-0.05, 0) is 88.4 Å². The van der Waals surface area contributed by atoms with Crippen LogP contribution in [0.4, 0.5) is 0 Å². The van der Waals surface area contributed by atoms with Crippen molar-refractivity contribution >= 4 is 27.7 Å². The zero-order valence-electron chi connectivity index (χ0n) is 19.3. The summed E-state index contributed by atoms with van der Waals surface area (Å²) in [4.78, 5) is 39.1. The first-order chi connectivity index (χ1) is 14.8. The first-order valence-electron chi connectivity index (χ1n) is 12.0. The fourth-order valence-electron chi connectivity index (χ4n) is 7.93. The largest absolute Gasteiger partial charge is 0.458 e. The van der Waals surface area contributed by atoms with Crippen LogP contribution < -0.4 is 0 Å². The minimum Gasteiger partial charge on any atom is -0.458 e. The monoisotopic (exact) mass is 530 g/mol. The molecule has 4 bridgehead atoms. The second-order valence-corrected chi connectivity index (χ2v) is 14.2. The Balaban J connectivity index is 0.00000162. The molecule has 4 saturated carbocycles. The van der Waals surface area contributed by atoms with E-state index >= 15 is 0 Å². The average Bonchev–Trinajstić information content (AvgIpc) is 3.12. The molecule has 7 nitrogen and oxygen atoms in total. The van der Waals surface area contributed by atoms with Crippen molar-refractivity contribution in [3.63, 3.8) is 0 Å². The zero-order chi connectivity index (χ0) is 23.2. The summed E-state index contributed by atoms with van der Waals surface area (Å²) in [6.07, 6.45) is 5.63. The first kappa shape index (κ1) is 32.6. The fourth-order valence-corrected chi connectivity index (χ4v) is 10.2. The Morgan fingerprint density at radius 1 is 0.917 bits per heavy atom. The lowest BCUT2D eigenvalue weighted by molar-refractivity contribution is -0.214. The van der Waals surface area contributed by atoms with Gasteiger partial charge in [-0.2, -0.15) is 0 Å². The lowest BCUT2D eigenvalue weighted by atomic mass is 9.50. The molecule has 0 radical (unpaired) electrons. The smallest absolute Gasteiger partial charge is 0.318 e. The molecule has 210 valence electrons. The van der Waals surface area contributed by atoms with Crippen LogP contribution in [0.15, 0.2) is 0 Å². The Kier molecular flexibility index (Phi) is 9.39. The molecular weight excluding hydrogens is 480 g/mol. The summed E-state index contributed by atoms with van der Waals surface area (Å²) in [6.45, 7) is 7.11. The van der Waals surface area contributed by atoms with Gasteiger partial charge in [0.25, 0.3) is 0 Å². The van der Waals surface area contributed by atoms with Gasteiger partial charge in [0.15, 0.2) is 9.84 Å². The highest BCUT2D eigenvalue weighted by molar-refractivity contribution is 7.91. The molecule has 4 unspecified atom stereocenters. The van der Waals surface area contributed by atoms with Crippen LogP contribution in [0.5, 0.6) is 0 Å². The van der Waals surface area contributed by atoms with Crippen molar-refractivity contribution in [2.75, 3.05) is 11.5 Å². The first-order valence-corrected chi connectivity index (χ1v) is 13.8. The summed E-state index contributed by atoms with van der Waals surface area (Å²) in [7, 11) is -3.29. The van der Waals surface area contributed by atoms with E-state index < -0.39 is 56.5 Å². The van der Waals surface area contributed by atoms with E-state index in [1.54, 1.807) is 20.8 Å². The summed E-state index contributed by atoms with van der Waals surface area (Å²) in [5, 5.41) is 0. The molecule has 0 aromatic rings. The Bertz CT molecular complexity index is 938. The van der Waals surface area contributed by atoms with Crippen LogP contribution in [0.2, 0.25) is 0 Å². The zero-order valence-corrected chi connectivity index (χ0v) is 20.2. The molecule has 6 aliphatic rings. The van der Waals surface area contributed by atoms with E-state index in [2.05, 4.69) is 6.92 Å². The van der Waals surface area contributed by atoms with Gasteiger partial charge in [-0.3, -0.25) is 14.4 Å². The SMILES string of the molecule is C.C.C.C.CC1CS(=O)(=O)CC1C1C(=O)OC(=O)C1C(C)(C)C(=O)OC1(C)C2CC3CC(C2)CC1C3. The van der Waals surface area contributed by atoms with Crippen molar-refractivity contribution in [2.24, 2.45) is 52.8 Å². The van der Waals surface area contributed by atoms with E-state index in [1.165, 1.54) is 6.42 Å². The number of hydrogen-bond donors (Lipinski definition) is 0. The van der Waals surface area contributed by atoms with Gasteiger partial charge in [0.1, 0.15) is 5.60 Å². The Hall–Kier alpha value is -1.44. The summed E-state index contributed by atoms with van der Waals surface area (Å²) in [5.41, 5.74) is -1.84. The number of carbonyl (C=O) groups excluding carboxylic acids is 3. The van der Waals surface area contributed by atoms with Gasteiger partial charge >= 0.3 is 17.9 Å². The lowest BCUT2D eigenvalue weighted by Gasteiger charge is -2.59. The van der Waals surface area contributed by atoms with Gasteiger partial charge < -0.3 is 9.47 Å². The number of ether oxygens (including phenoxy) is 2. The Labute approximate surface area is 219 Å². The van der Waals surface area contributed by atoms with Crippen LogP contribution in [0, 0.1) is 52.8 Å². The molecule has 6 fully saturated rings. The number of rotatable bonds is 4. The van der Waals surface area contributed by atoms with E-state index in [4.69, 9.17) is 9.47 Å². The molecule has 0 amide bonds. The van der Waals surface area contributed by atoms with E-state index in [-0.39, 0.29) is 47.1 Å². The standard InChI is InChI=1S/C24H34O7S.4CH4/c1-12-10-32(28,29)11-17(12)18-19(21(26)30-20(18)25)23(2,3)22(27)31-24(4)15-6-13-5-14(8-15)9-16(24)7-13;;;;/h12-19H,5-11H2,1-4H3;4*1H4. The maximum Gasteiger partial charge on any atom is 0.318 e. The van der Waals surface area contributed by atoms with Crippen molar-refractivity contribution in [1.82, 2.24) is 0 Å². The van der Waals surface area contributed by atoms with Crippen LogP contribution in [0.1, 0.15) is 89.5 Å². The van der Waals surface area contributed by atoms with Crippen molar-refractivity contribution < 1.29 is 32.3 Å². The minimum absolute atomic E-state index is 0. The number of sulfone groups is 1. The van der Waals surface area contributed by atoms with Crippen LogP contribution in [0.25, 0.3) is 0 Å². The molecule has 0 aromatic carbocycles. The molecule has 8 heteroatoms. The van der Waals surface area contributed by atoms with Gasteiger partial charge in [-0.15, -0.1) is 0 Å². The topological polar surface area (TPSA) is 104 Å². The highest BCUT2D eigenvalue weighted by atomic mass is 32.2. The third-order valence-electron chi connectivity index (χ3n) is 9.62. The molecule has 2 aliphatic heterocycles. The molecule has 6 rings (SSSR count). The molecule has 4 aliphatic carbocycles. The van der Waals surface area contributed by atoms with Gasteiger partial charge in [0.05, 0.1) is 28.8 Å². The second kappa shape index (κ2) is 10.4. The van der Waals surface area contributed by atoms with Crippen molar-refractivity contribution in [3.05, 3.63) is 0 Å². The molecule has 0 N–H and O–H groups in total. The summed E-state index contributed by atoms with van der Waals surface area (Å²) in [6, 6.07) is 0. The molecule has 2 saturated heterocycles.